The van der Waals surface area contributed by atoms with Gasteiger partial charge < -0.3 is 5.32 Å². The van der Waals surface area contributed by atoms with E-state index in [0.717, 1.165) is 28.0 Å². The Morgan fingerprint density at radius 1 is 1.33 bits per heavy atom. The Labute approximate surface area is 133 Å². The molecule has 114 valence electrons. The molecule has 0 radical (unpaired) electrons. The number of rotatable bonds is 3. The van der Waals surface area contributed by atoms with E-state index < -0.39 is 11.7 Å². The predicted molar refractivity (Wildman–Crippen MR) is 79.4 cm³/mol. The van der Waals surface area contributed by atoms with Crippen LogP contribution in [0.3, 0.4) is 0 Å². The number of nitrogens with zero attached hydrogens (tertiary/aromatic N) is 2. The van der Waals surface area contributed by atoms with Crippen molar-refractivity contribution < 1.29 is 13.2 Å². The largest absolute Gasteiger partial charge is 0.416 e. The summed E-state index contributed by atoms with van der Waals surface area (Å²) < 4.78 is 40.7. The summed E-state index contributed by atoms with van der Waals surface area (Å²) in [5.74, 6) is 0. The molecule has 0 aliphatic rings. The predicted octanol–water partition coefficient (Wildman–Crippen LogP) is 4.78. The van der Waals surface area contributed by atoms with Crippen LogP contribution in [0.1, 0.15) is 17.0 Å². The summed E-state index contributed by atoms with van der Waals surface area (Å²) in [7, 11) is 1.77. The lowest BCUT2D eigenvalue weighted by Crippen LogP contribution is -2.08. The molecule has 0 saturated heterocycles. The van der Waals surface area contributed by atoms with Gasteiger partial charge in [0.1, 0.15) is 0 Å². The first-order valence-electron chi connectivity index (χ1n) is 5.98. The fraction of sp³-hybridized carbons (Fsp3) is 0.308. The first kappa shape index (κ1) is 16.2. The van der Waals surface area contributed by atoms with Crippen LogP contribution in [0.4, 0.5) is 18.9 Å². The standard InChI is InChI=1S/C13H12BrClF3N3/c1-7-12(14)11(21(2)20-7)6-19-10-4-8(13(16,17)18)3-9(15)5-10/h3-5,19H,6H2,1-2H3. The van der Waals surface area contributed by atoms with Crippen LogP contribution >= 0.6 is 27.5 Å². The van der Waals surface area contributed by atoms with Gasteiger partial charge in [0.25, 0.3) is 0 Å². The summed E-state index contributed by atoms with van der Waals surface area (Å²) in [6, 6.07) is 3.38. The summed E-state index contributed by atoms with van der Waals surface area (Å²) in [5, 5.41) is 7.19. The van der Waals surface area contributed by atoms with E-state index in [1.807, 2.05) is 6.92 Å². The molecule has 2 rings (SSSR count). The van der Waals surface area contributed by atoms with Crippen LogP contribution in [0.2, 0.25) is 5.02 Å². The van der Waals surface area contributed by atoms with Crippen LogP contribution in [0.15, 0.2) is 22.7 Å². The third kappa shape index (κ3) is 3.71. The molecule has 0 spiro atoms. The Balaban J connectivity index is 2.22. The Hall–Kier alpha value is -1.21. The molecule has 0 atom stereocenters. The maximum atomic E-state index is 12.7. The third-order valence-electron chi connectivity index (χ3n) is 2.95. The molecule has 1 aromatic heterocycles. The number of anilines is 1. The van der Waals surface area contributed by atoms with Crippen molar-refractivity contribution in [2.45, 2.75) is 19.6 Å². The smallest absolute Gasteiger partial charge is 0.379 e. The minimum atomic E-state index is -4.43. The molecule has 0 aliphatic heterocycles. The zero-order chi connectivity index (χ0) is 15.8. The fourth-order valence-electron chi connectivity index (χ4n) is 1.91. The van der Waals surface area contributed by atoms with Crippen molar-refractivity contribution in [2.24, 2.45) is 7.05 Å². The number of hydrogen-bond acceptors (Lipinski definition) is 2. The van der Waals surface area contributed by atoms with E-state index in [4.69, 9.17) is 11.6 Å². The van der Waals surface area contributed by atoms with Gasteiger partial charge in [0.2, 0.25) is 0 Å². The first-order chi connectivity index (χ1) is 9.68. The number of aromatic nitrogens is 2. The molecule has 1 N–H and O–H groups in total. The average Bonchev–Trinajstić information content (AvgIpc) is 2.59. The molecule has 0 amide bonds. The van der Waals surface area contributed by atoms with Crippen molar-refractivity contribution in [1.29, 1.82) is 0 Å². The molecule has 0 fully saturated rings. The minimum absolute atomic E-state index is 0.0348. The second kappa shape index (κ2) is 5.88. The zero-order valence-electron chi connectivity index (χ0n) is 11.2. The highest BCUT2D eigenvalue weighted by molar-refractivity contribution is 9.10. The van der Waals surface area contributed by atoms with Gasteiger partial charge in [0.05, 0.1) is 28.0 Å². The van der Waals surface area contributed by atoms with Crippen molar-refractivity contribution in [3.63, 3.8) is 0 Å². The average molecular weight is 383 g/mol. The molecule has 1 aromatic carbocycles. The van der Waals surface area contributed by atoms with Crippen molar-refractivity contribution in [2.75, 3.05) is 5.32 Å². The zero-order valence-corrected chi connectivity index (χ0v) is 13.6. The van der Waals surface area contributed by atoms with E-state index in [0.29, 0.717) is 12.2 Å². The second-order valence-electron chi connectivity index (χ2n) is 4.55. The summed E-state index contributed by atoms with van der Waals surface area (Å²) in [5.41, 5.74) is 1.18. The van der Waals surface area contributed by atoms with Crippen LogP contribution in [0.5, 0.6) is 0 Å². The minimum Gasteiger partial charge on any atom is -0.379 e. The number of aryl methyl sites for hydroxylation is 2. The number of alkyl halides is 3. The van der Waals surface area contributed by atoms with Crippen LogP contribution in [-0.4, -0.2) is 9.78 Å². The summed E-state index contributed by atoms with van der Waals surface area (Å²) in [6.07, 6.45) is -4.43. The monoisotopic (exact) mass is 381 g/mol. The number of nitrogens with one attached hydrogen (secondary N) is 1. The van der Waals surface area contributed by atoms with E-state index in [-0.39, 0.29) is 5.02 Å². The van der Waals surface area contributed by atoms with E-state index in [1.54, 1.807) is 11.7 Å². The van der Waals surface area contributed by atoms with Crippen LogP contribution in [0, 0.1) is 6.92 Å². The molecular weight excluding hydrogens is 371 g/mol. The summed E-state index contributed by atoms with van der Waals surface area (Å²) >= 11 is 9.14. The van der Waals surface area contributed by atoms with Crippen molar-refractivity contribution in [3.05, 3.63) is 44.6 Å². The summed E-state index contributed by atoms with van der Waals surface area (Å²) in [6.45, 7) is 2.17. The highest BCUT2D eigenvalue weighted by Gasteiger charge is 2.31. The lowest BCUT2D eigenvalue weighted by molar-refractivity contribution is -0.137. The Morgan fingerprint density at radius 3 is 2.52 bits per heavy atom. The van der Waals surface area contributed by atoms with Crippen molar-refractivity contribution in [1.82, 2.24) is 9.78 Å². The lowest BCUT2D eigenvalue weighted by Gasteiger charge is -2.12. The normalized spacial score (nSPS) is 11.8. The van der Waals surface area contributed by atoms with E-state index >= 15 is 0 Å². The van der Waals surface area contributed by atoms with Gasteiger partial charge in [-0.15, -0.1) is 0 Å². The number of halogens is 5. The Morgan fingerprint density at radius 2 is 2.00 bits per heavy atom. The van der Waals surface area contributed by atoms with Gasteiger partial charge in [-0.1, -0.05) is 11.6 Å². The van der Waals surface area contributed by atoms with Crippen LogP contribution in [0.25, 0.3) is 0 Å². The van der Waals surface area contributed by atoms with Crippen molar-refractivity contribution in [3.8, 4) is 0 Å². The second-order valence-corrected chi connectivity index (χ2v) is 5.78. The molecule has 0 saturated carbocycles. The number of benzene rings is 1. The van der Waals surface area contributed by atoms with E-state index in [2.05, 4.69) is 26.3 Å². The van der Waals surface area contributed by atoms with Gasteiger partial charge in [0, 0.05) is 17.8 Å². The first-order valence-corrected chi connectivity index (χ1v) is 7.15. The molecule has 2 aromatic rings. The van der Waals surface area contributed by atoms with Gasteiger partial charge in [-0.3, -0.25) is 4.68 Å². The quantitative estimate of drug-likeness (QED) is 0.828. The van der Waals surface area contributed by atoms with Crippen LogP contribution in [-0.2, 0) is 19.8 Å². The molecule has 1 heterocycles. The van der Waals surface area contributed by atoms with Crippen molar-refractivity contribution >= 4 is 33.2 Å². The lowest BCUT2D eigenvalue weighted by atomic mass is 10.2. The van der Waals surface area contributed by atoms with Gasteiger partial charge in [0.15, 0.2) is 0 Å². The maximum absolute atomic E-state index is 12.7. The molecular formula is C13H12BrClF3N3. The molecule has 0 aliphatic carbocycles. The van der Waals surface area contributed by atoms with Gasteiger partial charge >= 0.3 is 6.18 Å². The highest BCUT2D eigenvalue weighted by Crippen LogP contribution is 2.33. The Bertz CT molecular complexity index is 667. The maximum Gasteiger partial charge on any atom is 0.416 e. The van der Waals surface area contributed by atoms with E-state index in [1.165, 1.54) is 6.07 Å². The van der Waals surface area contributed by atoms with Gasteiger partial charge in [-0.05, 0) is 41.1 Å². The topological polar surface area (TPSA) is 29.9 Å². The molecule has 21 heavy (non-hydrogen) atoms. The molecule has 0 unspecified atom stereocenters. The Kier molecular flexibility index (Phi) is 4.53. The third-order valence-corrected chi connectivity index (χ3v) is 4.20. The number of hydrogen-bond donors (Lipinski definition) is 1. The fourth-order valence-corrected chi connectivity index (χ4v) is 2.62. The molecule has 0 bridgehead atoms. The summed E-state index contributed by atoms with van der Waals surface area (Å²) in [4.78, 5) is 0. The van der Waals surface area contributed by atoms with Crippen LogP contribution < -0.4 is 5.32 Å². The van der Waals surface area contributed by atoms with E-state index in [9.17, 15) is 13.2 Å². The highest BCUT2D eigenvalue weighted by atomic mass is 79.9. The SMILES string of the molecule is Cc1nn(C)c(CNc2cc(Cl)cc(C(F)(F)F)c2)c1Br. The molecule has 8 heteroatoms. The van der Waals surface area contributed by atoms with Gasteiger partial charge in [-0.25, -0.2) is 0 Å². The molecule has 3 nitrogen and oxygen atoms in total. The van der Waals surface area contributed by atoms with Gasteiger partial charge in [-0.2, -0.15) is 18.3 Å².